The summed E-state index contributed by atoms with van der Waals surface area (Å²) in [7, 11) is 0. The molecule has 0 aliphatic heterocycles. The van der Waals surface area contributed by atoms with Gasteiger partial charge >= 0.3 is 5.97 Å². The summed E-state index contributed by atoms with van der Waals surface area (Å²) in [4.78, 5) is 24.1. The van der Waals surface area contributed by atoms with Crippen LogP contribution in [0.2, 0.25) is 5.02 Å². The quantitative estimate of drug-likeness (QED) is 0.839. The number of aliphatic carboxylic acids is 1. The maximum atomic E-state index is 12.0. The Hall–Kier alpha value is -1.75. The average molecular weight is 300 g/mol. The van der Waals surface area contributed by atoms with Crippen molar-refractivity contribution in [2.45, 2.75) is 26.3 Å². The molecule has 110 valence electrons. The predicted octanol–water partition coefficient (Wildman–Crippen LogP) is 2.43. The minimum Gasteiger partial charge on any atom is -0.484 e. The van der Waals surface area contributed by atoms with Crippen LogP contribution in [0.5, 0.6) is 5.75 Å². The molecule has 1 aromatic rings. The van der Waals surface area contributed by atoms with Crippen molar-refractivity contribution in [2.24, 2.45) is 0 Å². The number of nitrogens with zero attached hydrogens (tertiary/aromatic N) is 1. The number of rotatable bonds is 7. The topological polar surface area (TPSA) is 66.8 Å². The molecular weight excluding hydrogens is 282 g/mol. The Labute approximate surface area is 123 Å². The molecule has 1 atom stereocenters. The van der Waals surface area contributed by atoms with E-state index in [1.807, 2.05) is 13.8 Å². The molecule has 0 fully saturated rings. The zero-order valence-corrected chi connectivity index (χ0v) is 12.3. The van der Waals surface area contributed by atoms with E-state index in [0.29, 0.717) is 17.2 Å². The zero-order valence-electron chi connectivity index (χ0n) is 11.5. The van der Waals surface area contributed by atoms with Crippen LogP contribution in [0.1, 0.15) is 20.3 Å². The van der Waals surface area contributed by atoms with Crippen LogP contribution in [0, 0.1) is 0 Å². The van der Waals surface area contributed by atoms with Gasteiger partial charge in [0.25, 0.3) is 5.91 Å². The van der Waals surface area contributed by atoms with Gasteiger partial charge < -0.3 is 14.7 Å². The van der Waals surface area contributed by atoms with Gasteiger partial charge in [-0.15, -0.1) is 0 Å². The molecule has 0 bridgehead atoms. The first kappa shape index (κ1) is 16.3. The number of amides is 1. The Morgan fingerprint density at radius 3 is 2.45 bits per heavy atom. The van der Waals surface area contributed by atoms with Gasteiger partial charge in [0.1, 0.15) is 12.3 Å². The fraction of sp³-hybridized carbons (Fsp3) is 0.429. The number of carboxylic acids is 1. The van der Waals surface area contributed by atoms with Gasteiger partial charge in [-0.25, -0.2) is 0 Å². The number of halogens is 1. The fourth-order valence-corrected chi connectivity index (χ4v) is 1.74. The number of carbonyl (C=O) groups excluding carboxylic acids is 1. The van der Waals surface area contributed by atoms with Crippen LogP contribution in [-0.2, 0) is 9.59 Å². The molecule has 5 nitrogen and oxygen atoms in total. The highest BCUT2D eigenvalue weighted by Gasteiger charge is 2.21. The summed E-state index contributed by atoms with van der Waals surface area (Å²) in [5, 5.41) is 9.42. The molecular formula is C14H18ClNO4. The number of benzene rings is 1. The van der Waals surface area contributed by atoms with Gasteiger partial charge in [-0.3, -0.25) is 9.59 Å². The van der Waals surface area contributed by atoms with Crippen LogP contribution in [0.4, 0.5) is 0 Å². The highest BCUT2D eigenvalue weighted by Crippen LogP contribution is 2.15. The van der Waals surface area contributed by atoms with Gasteiger partial charge in [0.15, 0.2) is 6.61 Å². The number of ether oxygens (including phenoxy) is 1. The lowest BCUT2D eigenvalue weighted by molar-refractivity contribution is -0.147. The number of carboxylic acid groups (broad SMARTS) is 1. The normalized spacial score (nSPS) is 11.8. The highest BCUT2D eigenvalue weighted by molar-refractivity contribution is 6.30. The van der Waals surface area contributed by atoms with Gasteiger partial charge in [0, 0.05) is 11.1 Å². The van der Waals surface area contributed by atoms with Crippen LogP contribution in [0.15, 0.2) is 24.3 Å². The molecule has 0 aliphatic rings. The predicted molar refractivity (Wildman–Crippen MR) is 76.0 cm³/mol. The second-order valence-corrected chi connectivity index (χ2v) is 4.85. The van der Waals surface area contributed by atoms with Crippen LogP contribution in [-0.4, -0.2) is 41.1 Å². The van der Waals surface area contributed by atoms with Crippen LogP contribution in [0.3, 0.4) is 0 Å². The third-order valence-corrected chi connectivity index (χ3v) is 3.18. The maximum Gasteiger partial charge on any atom is 0.323 e. The first-order valence-electron chi connectivity index (χ1n) is 6.33. The van der Waals surface area contributed by atoms with E-state index in [1.54, 1.807) is 24.3 Å². The molecule has 1 unspecified atom stereocenters. The van der Waals surface area contributed by atoms with Crippen molar-refractivity contribution in [1.82, 2.24) is 4.90 Å². The van der Waals surface area contributed by atoms with E-state index in [-0.39, 0.29) is 25.1 Å². The van der Waals surface area contributed by atoms with E-state index in [9.17, 15) is 9.59 Å². The van der Waals surface area contributed by atoms with Crippen molar-refractivity contribution < 1.29 is 19.4 Å². The molecule has 0 aliphatic carbocycles. The summed E-state index contributed by atoms with van der Waals surface area (Å²) in [5.74, 6) is -0.871. The van der Waals surface area contributed by atoms with E-state index in [1.165, 1.54) is 4.90 Å². The molecule has 0 aromatic heterocycles. The largest absolute Gasteiger partial charge is 0.484 e. The average Bonchev–Trinajstić information content (AvgIpc) is 2.42. The lowest BCUT2D eigenvalue weighted by Crippen LogP contribution is -2.44. The Kier molecular flexibility index (Phi) is 6.31. The van der Waals surface area contributed by atoms with Crippen molar-refractivity contribution in [3.63, 3.8) is 0 Å². The summed E-state index contributed by atoms with van der Waals surface area (Å²) >= 11 is 5.75. The lowest BCUT2D eigenvalue weighted by atomic mass is 10.2. The lowest BCUT2D eigenvalue weighted by Gasteiger charge is -2.26. The Morgan fingerprint density at radius 1 is 1.35 bits per heavy atom. The summed E-state index contributed by atoms with van der Waals surface area (Å²) < 4.78 is 5.34. The van der Waals surface area contributed by atoms with Crippen molar-refractivity contribution >= 4 is 23.5 Å². The molecule has 20 heavy (non-hydrogen) atoms. The summed E-state index contributed by atoms with van der Waals surface area (Å²) in [6.45, 7) is 3.19. The van der Waals surface area contributed by atoms with Gasteiger partial charge in [-0.1, -0.05) is 18.5 Å². The fourth-order valence-electron chi connectivity index (χ4n) is 1.61. The smallest absolute Gasteiger partial charge is 0.323 e. The molecule has 1 amide bonds. The second kappa shape index (κ2) is 7.75. The first-order chi connectivity index (χ1) is 9.43. The van der Waals surface area contributed by atoms with Gasteiger partial charge in [-0.05, 0) is 37.6 Å². The van der Waals surface area contributed by atoms with Crippen molar-refractivity contribution in [3.8, 4) is 5.75 Å². The summed E-state index contributed by atoms with van der Waals surface area (Å²) in [5.41, 5.74) is 0. The van der Waals surface area contributed by atoms with Crippen LogP contribution >= 0.6 is 11.6 Å². The van der Waals surface area contributed by atoms with E-state index in [2.05, 4.69) is 0 Å². The monoisotopic (exact) mass is 299 g/mol. The van der Waals surface area contributed by atoms with E-state index in [0.717, 1.165) is 0 Å². The Morgan fingerprint density at radius 2 is 1.95 bits per heavy atom. The molecule has 1 N–H and O–H groups in total. The summed E-state index contributed by atoms with van der Waals surface area (Å²) in [6, 6.07) is 6.48. The minimum atomic E-state index is -1.04. The van der Waals surface area contributed by atoms with Crippen molar-refractivity contribution in [3.05, 3.63) is 29.3 Å². The first-order valence-corrected chi connectivity index (χ1v) is 6.71. The van der Waals surface area contributed by atoms with Gasteiger partial charge in [-0.2, -0.15) is 0 Å². The third-order valence-electron chi connectivity index (χ3n) is 2.92. The standard InChI is InChI=1S/C14H18ClNO4/c1-3-10(2)16(8-14(18)19)13(17)9-20-12-6-4-11(15)5-7-12/h4-7,10H,3,8-9H2,1-2H3,(H,18,19). The maximum absolute atomic E-state index is 12.0. The van der Waals surface area contributed by atoms with Crippen molar-refractivity contribution in [2.75, 3.05) is 13.2 Å². The second-order valence-electron chi connectivity index (χ2n) is 4.42. The zero-order chi connectivity index (χ0) is 15.1. The molecule has 0 spiro atoms. The molecule has 0 radical (unpaired) electrons. The van der Waals surface area contributed by atoms with E-state index in [4.69, 9.17) is 21.4 Å². The highest BCUT2D eigenvalue weighted by atomic mass is 35.5. The van der Waals surface area contributed by atoms with Crippen LogP contribution in [0.25, 0.3) is 0 Å². The molecule has 1 aromatic carbocycles. The third kappa shape index (κ3) is 5.09. The van der Waals surface area contributed by atoms with E-state index >= 15 is 0 Å². The summed E-state index contributed by atoms with van der Waals surface area (Å²) in [6.07, 6.45) is 0.681. The molecule has 6 heteroatoms. The Balaban J connectivity index is 2.61. The Bertz CT molecular complexity index is 461. The number of carbonyl (C=O) groups is 2. The van der Waals surface area contributed by atoms with Crippen LogP contribution < -0.4 is 4.74 Å². The van der Waals surface area contributed by atoms with E-state index < -0.39 is 5.97 Å². The molecule has 1 rings (SSSR count). The molecule has 0 saturated carbocycles. The molecule has 0 saturated heterocycles. The minimum absolute atomic E-state index is 0.146. The molecule has 0 heterocycles. The van der Waals surface area contributed by atoms with Gasteiger partial charge in [0.05, 0.1) is 0 Å². The van der Waals surface area contributed by atoms with Gasteiger partial charge in [0.2, 0.25) is 0 Å². The van der Waals surface area contributed by atoms with Crippen molar-refractivity contribution in [1.29, 1.82) is 0 Å². The number of hydrogen-bond donors (Lipinski definition) is 1. The number of hydrogen-bond acceptors (Lipinski definition) is 3. The SMILES string of the molecule is CCC(C)N(CC(=O)O)C(=O)COc1ccc(Cl)cc1.